The smallest absolute Gasteiger partial charge is 0.0401 e. The van der Waals surface area contributed by atoms with Crippen LogP contribution in [0.3, 0.4) is 0 Å². The van der Waals surface area contributed by atoms with Crippen LogP contribution in [0, 0.1) is 0 Å². The zero-order valence-electron chi connectivity index (χ0n) is 9.85. The van der Waals surface area contributed by atoms with Gasteiger partial charge in [-0.05, 0) is 20.8 Å². The molecule has 0 N–H and O–H groups in total. The molecule has 0 saturated heterocycles. The molecule has 0 nitrogen and oxygen atoms in total. The maximum Gasteiger partial charge on any atom is -0.0401 e. The molecule has 0 rings (SSSR count). The maximum atomic E-state index is 3.56. The minimum absolute atomic E-state index is 1.02. The molecule has 0 amide bonds. The van der Waals surface area contributed by atoms with E-state index in [1.165, 1.54) is 5.57 Å². The Hall–Kier alpha value is -1.04. The fraction of sp³-hybridized carbons (Fsp3) is 0.385. The Balaban J connectivity index is -0.000000131. The second kappa shape index (κ2) is 17.2. The van der Waals surface area contributed by atoms with E-state index >= 15 is 0 Å². The van der Waals surface area contributed by atoms with Gasteiger partial charge in [0.25, 0.3) is 0 Å². The molecule has 0 aromatic rings. The van der Waals surface area contributed by atoms with Gasteiger partial charge in [-0.1, -0.05) is 63.0 Å². The van der Waals surface area contributed by atoms with Crippen molar-refractivity contribution in [2.24, 2.45) is 0 Å². The van der Waals surface area contributed by atoms with Crippen molar-refractivity contribution in [3.8, 4) is 0 Å². The Bertz CT molecular complexity index is 159. The summed E-state index contributed by atoms with van der Waals surface area (Å²) in [6.45, 7) is 20.5. The summed E-state index contributed by atoms with van der Waals surface area (Å²) in [5.41, 5.74) is 2.25. The van der Waals surface area contributed by atoms with Crippen molar-refractivity contribution >= 4 is 0 Å². The van der Waals surface area contributed by atoms with Crippen LogP contribution in [0.5, 0.6) is 0 Å². The highest BCUT2D eigenvalue weighted by molar-refractivity contribution is 5.10. The molecule has 0 aliphatic carbocycles. The lowest BCUT2D eigenvalue weighted by molar-refractivity contribution is 1.49. The van der Waals surface area contributed by atoms with Crippen LogP contribution in [0.1, 0.15) is 34.6 Å². The summed E-state index contributed by atoms with van der Waals surface area (Å²) in [6, 6.07) is 0. The van der Waals surface area contributed by atoms with Gasteiger partial charge in [0, 0.05) is 0 Å². The third-order valence-electron chi connectivity index (χ3n) is 1.13. The molecular formula is C13H24. The topological polar surface area (TPSA) is 0 Å². The van der Waals surface area contributed by atoms with E-state index in [1.54, 1.807) is 6.08 Å². The van der Waals surface area contributed by atoms with Crippen LogP contribution in [-0.2, 0) is 0 Å². The maximum absolute atomic E-state index is 3.56. The Kier molecular flexibility index (Phi) is 23.6. The van der Waals surface area contributed by atoms with Crippen molar-refractivity contribution in [2.45, 2.75) is 34.6 Å². The largest absolute Gasteiger partial charge is 0.0988 e. The van der Waals surface area contributed by atoms with Crippen LogP contribution >= 0.6 is 0 Å². The van der Waals surface area contributed by atoms with E-state index in [2.05, 4.69) is 19.7 Å². The average Bonchev–Trinajstić information content (AvgIpc) is 2.20. The van der Waals surface area contributed by atoms with Crippen molar-refractivity contribution < 1.29 is 0 Å². The molecule has 0 heterocycles. The molecule has 0 aromatic carbocycles. The first-order valence-electron chi connectivity index (χ1n) is 4.61. The van der Waals surface area contributed by atoms with Gasteiger partial charge in [-0.2, -0.15) is 0 Å². The molecule has 0 heteroatoms. The Morgan fingerprint density at radius 2 is 1.31 bits per heavy atom. The fourth-order valence-corrected chi connectivity index (χ4v) is 0.118. The van der Waals surface area contributed by atoms with Crippen LogP contribution in [-0.4, -0.2) is 0 Å². The van der Waals surface area contributed by atoms with E-state index in [0.29, 0.717) is 0 Å². The van der Waals surface area contributed by atoms with Gasteiger partial charge in [-0.25, -0.2) is 0 Å². The van der Waals surface area contributed by atoms with Crippen molar-refractivity contribution in [3.63, 3.8) is 0 Å². The van der Waals surface area contributed by atoms with E-state index in [1.807, 2.05) is 46.8 Å². The second-order valence-electron chi connectivity index (χ2n) is 2.29. The van der Waals surface area contributed by atoms with Crippen molar-refractivity contribution in [1.29, 1.82) is 0 Å². The number of hydrogen-bond acceptors (Lipinski definition) is 0. The second-order valence-corrected chi connectivity index (χ2v) is 2.29. The lowest BCUT2D eigenvalue weighted by Crippen LogP contribution is -1.57. The van der Waals surface area contributed by atoms with Gasteiger partial charge in [0.05, 0.1) is 0 Å². The summed E-state index contributed by atoms with van der Waals surface area (Å²) in [4.78, 5) is 0. The van der Waals surface area contributed by atoms with Gasteiger partial charge >= 0.3 is 0 Å². The third-order valence-corrected chi connectivity index (χ3v) is 1.13. The highest BCUT2D eigenvalue weighted by atomic mass is 13.7. The zero-order chi connectivity index (χ0) is 11.3. The SMILES string of the molecule is C=C/C(C)=C\C.C=CC(=C)C.CC. The molecule has 0 spiro atoms. The molecule has 0 bridgehead atoms. The van der Waals surface area contributed by atoms with Crippen LogP contribution in [0.2, 0.25) is 0 Å². The molecule has 0 aromatic heterocycles. The predicted molar refractivity (Wildman–Crippen MR) is 66.0 cm³/mol. The number of hydrogen-bond donors (Lipinski definition) is 0. The molecule has 76 valence electrons. The molecule has 0 aliphatic heterocycles. The summed E-state index contributed by atoms with van der Waals surface area (Å²) >= 11 is 0. The van der Waals surface area contributed by atoms with Crippen LogP contribution in [0.15, 0.2) is 49.1 Å². The Morgan fingerprint density at radius 1 is 1.00 bits per heavy atom. The molecule has 0 radical (unpaired) electrons. The van der Waals surface area contributed by atoms with E-state index in [-0.39, 0.29) is 0 Å². The number of allylic oxidation sites excluding steroid dienone is 5. The summed E-state index contributed by atoms with van der Waals surface area (Å²) < 4.78 is 0. The van der Waals surface area contributed by atoms with E-state index in [0.717, 1.165) is 5.57 Å². The summed E-state index contributed by atoms with van der Waals surface area (Å²) in [7, 11) is 0. The molecular weight excluding hydrogens is 156 g/mol. The van der Waals surface area contributed by atoms with Gasteiger partial charge in [0.1, 0.15) is 0 Å². The average molecular weight is 180 g/mol. The van der Waals surface area contributed by atoms with Crippen molar-refractivity contribution in [2.75, 3.05) is 0 Å². The van der Waals surface area contributed by atoms with Crippen LogP contribution in [0.4, 0.5) is 0 Å². The van der Waals surface area contributed by atoms with Gasteiger partial charge in [0.2, 0.25) is 0 Å². The lowest BCUT2D eigenvalue weighted by Gasteiger charge is -1.78. The molecule has 0 atom stereocenters. The summed E-state index contributed by atoms with van der Waals surface area (Å²) in [5.74, 6) is 0. The first-order valence-corrected chi connectivity index (χ1v) is 4.61. The highest BCUT2D eigenvalue weighted by Crippen LogP contribution is 1.88. The quantitative estimate of drug-likeness (QED) is 0.529. The molecule has 13 heavy (non-hydrogen) atoms. The molecule has 0 aliphatic rings. The Morgan fingerprint density at radius 3 is 1.31 bits per heavy atom. The normalized spacial score (nSPS) is 8.23. The first-order chi connectivity index (χ1) is 6.08. The van der Waals surface area contributed by atoms with Gasteiger partial charge in [-0.15, -0.1) is 0 Å². The minimum atomic E-state index is 1.02. The molecule has 0 unspecified atom stereocenters. The van der Waals surface area contributed by atoms with Crippen LogP contribution in [0.25, 0.3) is 0 Å². The van der Waals surface area contributed by atoms with Crippen molar-refractivity contribution in [3.05, 3.63) is 49.1 Å². The third kappa shape index (κ3) is 35.8. The van der Waals surface area contributed by atoms with Crippen LogP contribution < -0.4 is 0 Å². The standard InChI is InChI=1S/C6H10.C5H8.C2H6/c1-4-6(3)5-2;1-4-5(2)3;1-2/h4-5H,1H2,2-3H3;4H,1-2H2,3H3;1-2H3/b6-5-;;. The van der Waals surface area contributed by atoms with Gasteiger partial charge < -0.3 is 0 Å². The zero-order valence-corrected chi connectivity index (χ0v) is 9.85. The monoisotopic (exact) mass is 180 g/mol. The fourth-order valence-electron chi connectivity index (χ4n) is 0.118. The van der Waals surface area contributed by atoms with E-state index in [9.17, 15) is 0 Å². The van der Waals surface area contributed by atoms with Gasteiger partial charge in [0.15, 0.2) is 0 Å². The summed E-state index contributed by atoms with van der Waals surface area (Å²) in [5, 5.41) is 0. The lowest BCUT2D eigenvalue weighted by atomic mass is 10.3. The Labute approximate surface area is 84.4 Å². The predicted octanol–water partition coefficient (Wildman–Crippen LogP) is 4.91. The van der Waals surface area contributed by atoms with E-state index < -0.39 is 0 Å². The molecule has 0 saturated carbocycles. The summed E-state index contributed by atoms with van der Waals surface area (Å²) in [6.07, 6.45) is 5.58. The van der Waals surface area contributed by atoms with E-state index in [4.69, 9.17) is 0 Å². The van der Waals surface area contributed by atoms with Gasteiger partial charge in [-0.3, -0.25) is 0 Å². The highest BCUT2D eigenvalue weighted by Gasteiger charge is 1.66. The molecule has 0 fully saturated rings. The van der Waals surface area contributed by atoms with Crippen molar-refractivity contribution in [1.82, 2.24) is 0 Å². The minimum Gasteiger partial charge on any atom is -0.0988 e. The first kappa shape index (κ1) is 17.9. The number of rotatable bonds is 2.